The zero-order chi connectivity index (χ0) is 31.1. The number of halogens is 1. The second-order valence-electron chi connectivity index (χ2n) is 11.3. The Bertz CT molecular complexity index is 1320. The van der Waals surface area contributed by atoms with Gasteiger partial charge in [-0.3, -0.25) is 14.4 Å². The van der Waals surface area contributed by atoms with Crippen LogP contribution in [0, 0.1) is 19.3 Å². The number of hydrogen-bond acceptors (Lipinski definition) is 5. The van der Waals surface area contributed by atoms with E-state index in [4.69, 9.17) is 28.5 Å². The Labute approximate surface area is 247 Å². The molecule has 9 nitrogen and oxygen atoms in total. The molecule has 0 aromatic heterocycles. The van der Waals surface area contributed by atoms with Crippen LogP contribution in [0.5, 0.6) is 0 Å². The van der Waals surface area contributed by atoms with E-state index in [1.807, 2.05) is 6.92 Å². The third kappa shape index (κ3) is 8.73. The van der Waals surface area contributed by atoms with Gasteiger partial charge in [0.25, 0.3) is 5.91 Å². The van der Waals surface area contributed by atoms with Gasteiger partial charge in [-0.05, 0) is 71.2 Å². The lowest BCUT2D eigenvalue weighted by Gasteiger charge is -2.44. The molecule has 0 aliphatic rings. The lowest BCUT2D eigenvalue weighted by Crippen LogP contribution is -2.59. The minimum atomic E-state index is -1.43. The molecule has 4 N–H and O–H groups in total. The van der Waals surface area contributed by atoms with Gasteiger partial charge in [0, 0.05) is 11.1 Å². The number of carbonyl (C=O) groups excluding carboxylic acids is 4. The molecule has 0 saturated heterocycles. The van der Waals surface area contributed by atoms with Gasteiger partial charge >= 0.3 is 6.09 Å². The Morgan fingerprint density at radius 2 is 1.71 bits per heavy atom. The molecule has 0 aliphatic heterocycles. The van der Waals surface area contributed by atoms with Crippen molar-refractivity contribution < 1.29 is 23.9 Å². The molecule has 0 heterocycles. The number of nitrogens with one attached hydrogen (secondary N) is 2. The Morgan fingerprint density at radius 3 is 2.24 bits per heavy atom. The molecular formula is C31H39ClN4O5. The van der Waals surface area contributed by atoms with Crippen molar-refractivity contribution in [2.24, 2.45) is 5.73 Å². The number of rotatable bonds is 10. The summed E-state index contributed by atoms with van der Waals surface area (Å²) < 4.78 is 5.33. The Balaban J connectivity index is 2.76. The summed E-state index contributed by atoms with van der Waals surface area (Å²) in [6.45, 7) is 12.2. The summed E-state index contributed by atoms with van der Waals surface area (Å²) in [7, 11) is 0. The van der Waals surface area contributed by atoms with Crippen LogP contribution < -0.4 is 16.4 Å². The van der Waals surface area contributed by atoms with Crippen LogP contribution in [-0.4, -0.2) is 45.9 Å². The van der Waals surface area contributed by atoms with E-state index < -0.39 is 53.5 Å². The second-order valence-corrected chi connectivity index (χ2v) is 11.7. The predicted octanol–water partition coefficient (Wildman–Crippen LogP) is 5.10. The summed E-state index contributed by atoms with van der Waals surface area (Å²) in [5.74, 6) is 0.457. The monoisotopic (exact) mass is 582 g/mol. The smallest absolute Gasteiger partial charge is 0.408 e. The number of benzene rings is 2. The second kappa shape index (κ2) is 13.6. The molecule has 2 aromatic carbocycles. The molecule has 0 saturated carbocycles. The number of nitrogens with two attached hydrogens (primary N) is 1. The SMILES string of the molecule is C#Cc1ccccc1C(C(=O)Nc1c(C)cccc1Cl)N(C(=O)C(CC(N)=O)NC(=O)OC(C)(C)C)C(C)(C)CC. The van der Waals surface area contributed by atoms with Crippen molar-refractivity contribution in [3.63, 3.8) is 0 Å². The highest BCUT2D eigenvalue weighted by atomic mass is 35.5. The number of nitrogens with zero attached hydrogens (tertiary/aromatic N) is 1. The van der Waals surface area contributed by atoms with Gasteiger partial charge in [0.2, 0.25) is 11.8 Å². The normalized spacial score (nSPS) is 12.9. The molecule has 2 rings (SSSR count). The van der Waals surface area contributed by atoms with E-state index in [2.05, 4.69) is 16.6 Å². The van der Waals surface area contributed by atoms with Crippen LogP contribution in [0.25, 0.3) is 0 Å². The van der Waals surface area contributed by atoms with E-state index in [0.717, 1.165) is 0 Å². The van der Waals surface area contributed by atoms with Gasteiger partial charge in [-0.1, -0.05) is 54.8 Å². The van der Waals surface area contributed by atoms with Crippen LogP contribution in [0.1, 0.15) is 77.1 Å². The van der Waals surface area contributed by atoms with Crippen molar-refractivity contribution in [2.75, 3.05) is 5.32 Å². The predicted molar refractivity (Wildman–Crippen MR) is 160 cm³/mol. The standard InChI is InChI=1S/C31H39ClN4O5/c1-9-20-15-11-12-16-21(20)26(27(38)35-25-19(3)14-13-17-22(25)32)36(31(7,8)10-2)28(39)23(18-24(33)37)34-29(40)41-30(4,5)6/h1,11-17,23,26H,10,18H2,2-8H3,(H2,33,37)(H,34,40)(H,35,38). The maximum Gasteiger partial charge on any atom is 0.408 e. The van der Waals surface area contributed by atoms with Crippen molar-refractivity contribution >= 4 is 41.1 Å². The number of para-hydroxylation sites is 1. The fraction of sp³-hybridized carbons (Fsp3) is 0.419. The van der Waals surface area contributed by atoms with E-state index in [1.54, 1.807) is 84.0 Å². The first-order chi connectivity index (χ1) is 19.0. The lowest BCUT2D eigenvalue weighted by molar-refractivity contribution is -0.148. The first-order valence-corrected chi connectivity index (χ1v) is 13.6. The summed E-state index contributed by atoms with van der Waals surface area (Å²) in [6, 6.07) is 9.24. The number of ether oxygens (including phenoxy) is 1. The van der Waals surface area contributed by atoms with Crippen LogP contribution in [0.3, 0.4) is 0 Å². The van der Waals surface area contributed by atoms with Gasteiger partial charge in [0.15, 0.2) is 0 Å². The van der Waals surface area contributed by atoms with E-state index in [0.29, 0.717) is 33.8 Å². The molecule has 0 fully saturated rings. The van der Waals surface area contributed by atoms with E-state index in [1.165, 1.54) is 4.90 Å². The largest absolute Gasteiger partial charge is 0.444 e. The van der Waals surface area contributed by atoms with Crippen LogP contribution in [0.4, 0.5) is 10.5 Å². The van der Waals surface area contributed by atoms with Gasteiger partial charge in [-0.25, -0.2) is 4.79 Å². The topological polar surface area (TPSA) is 131 Å². The number of primary amides is 1. The average Bonchev–Trinajstić information content (AvgIpc) is 2.87. The summed E-state index contributed by atoms with van der Waals surface area (Å²) in [5, 5.41) is 5.66. The molecule has 0 radical (unpaired) electrons. The molecule has 10 heteroatoms. The zero-order valence-corrected chi connectivity index (χ0v) is 25.4. The molecular weight excluding hydrogens is 544 g/mol. The minimum Gasteiger partial charge on any atom is -0.444 e. The first-order valence-electron chi connectivity index (χ1n) is 13.2. The molecule has 0 bridgehead atoms. The van der Waals surface area contributed by atoms with Crippen molar-refractivity contribution in [3.05, 3.63) is 64.2 Å². The number of aryl methyl sites for hydroxylation is 1. The average molecular weight is 583 g/mol. The highest BCUT2D eigenvalue weighted by Crippen LogP contribution is 2.36. The van der Waals surface area contributed by atoms with Crippen molar-refractivity contribution in [1.82, 2.24) is 10.2 Å². The maximum absolute atomic E-state index is 14.4. The Kier molecular flexibility index (Phi) is 11.0. The number of terminal acetylenes is 1. The quantitative estimate of drug-likeness (QED) is 0.336. The third-order valence-corrected chi connectivity index (χ3v) is 6.85. The van der Waals surface area contributed by atoms with Crippen molar-refractivity contribution in [1.29, 1.82) is 0 Å². The molecule has 41 heavy (non-hydrogen) atoms. The van der Waals surface area contributed by atoms with Crippen LogP contribution in [0.15, 0.2) is 42.5 Å². The molecule has 4 amide bonds. The first kappa shape index (κ1) is 33.2. The van der Waals surface area contributed by atoms with Crippen molar-refractivity contribution in [3.8, 4) is 12.3 Å². The maximum atomic E-state index is 14.4. The number of carbonyl (C=O) groups is 4. The minimum absolute atomic E-state index is 0.313. The summed E-state index contributed by atoms with van der Waals surface area (Å²) >= 11 is 6.42. The molecule has 0 spiro atoms. The summed E-state index contributed by atoms with van der Waals surface area (Å²) in [6.07, 6.45) is 4.78. The number of amides is 4. The Hall–Kier alpha value is -4.03. The van der Waals surface area contributed by atoms with Crippen LogP contribution >= 0.6 is 11.6 Å². The summed E-state index contributed by atoms with van der Waals surface area (Å²) in [5.41, 5.74) is 5.50. The molecule has 0 aliphatic carbocycles. The van der Waals surface area contributed by atoms with Crippen molar-refractivity contribution in [2.45, 2.75) is 84.5 Å². The lowest BCUT2D eigenvalue weighted by atomic mass is 9.90. The molecule has 2 atom stereocenters. The fourth-order valence-electron chi connectivity index (χ4n) is 4.21. The van der Waals surface area contributed by atoms with Crippen LogP contribution in [0.2, 0.25) is 5.02 Å². The van der Waals surface area contributed by atoms with E-state index in [-0.39, 0.29) is 0 Å². The molecule has 220 valence electrons. The molecule has 2 unspecified atom stereocenters. The van der Waals surface area contributed by atoms with E-state index in [9.17, 15) is 19.2 Å². The third-order valence-electron chi connectivity index (χ3n) is 6.54. The highest BCUT2D eigenvalue weighted by molar-refractivity contribution is 6.34. The van der Waals surface area contributed by atoms with Gasteiger partial charge in [-0.2, -0.15) is 0 Å². The van der Waals surface area contributed by atoms with Crippen LogP contribution in [-0.2, 0) is 19.1 Å². The molecule has 2 aromatic rings. The highest BCUT2D eigenvalue weighted by Gasteiger charge is 2.44. The fourth-order valence-corrected chi connectivity index (χ4v) is 4.48. The van der Waals surface area contributed by atoms with E-state index >= 15 is 0 Å². The zero-order valence-electron chi connectivity index (χ0n) is 24.6. The van der Waals surface area contributed by atoms with Gasteiger partial charge in [0.1, 0.15) is 17.7 Å². The van der Waals surface area contributed by atoms with Gasteiger partial charge < -0.3 is 26.0 Å². The Morgan fingerprint density at radius 1 is 1.07 bits per heavy atom. The number of alkyl carbamates (subject to hydrolysis) is 1. The summed E-state index contributed by atoms with van der Waals surface area (Å²) in [4.78, 5) is 54.7. The van der Waals surface area contributed by atoms with Gasteiger partial charge in [-0.15, -0.1) is 6.42 Å². The van der Waals surface area contributed by atoms with Gasteiger partial charge in [0.05, 0.1) is 17.1 Å². The number of anilines is 1. The number of hydrogen-bond donors (Lipinski definition) is 3.